The zero-order chi connectivity index (χ0) is 17.7. The van der Waals surface area contributed by atoms with Crippen molar-refractivity contribution in [2.24, 2.45) is 5.73 Å². The molecule has 2 rings (SSSR count). The Morgan fingerprint density at radius 3 is 2.67 bits per heavy atom. The van der Waals surface area contributed by atoms with Crippen molar-refractivity contribution in [2.45, 2.75) is 19.8 Å². The molecule has 1 heterocycles. The molecule has 1 unspecified atom stereocenters. The summed E-state index contributed by atoms with van der Waals surface area (Å²) in [5.74, 6) is -0.808. The Bertz CT molecular complexity index is 744. The summed E-state index contributed by atoms with van der Waals surface area (Å²) >= 11 is 0. The van der Waals surface area contributed by atoms with Gasteiger partial charge in [0.05, 0.1) is 18.1 Å². The molecule has 0 saturated heterocycles. The average molecular weight is 328 g/mol. The van der Waals surface area contributed by atoms with Gasteiger partial charge in [0.25, 0.3) is 0 Å². The van der Waals surface area contributed by atoms with Crippen molar-refractivity contribution in [1.29, 1.82) is 5.26 Å². The van der Waals surface area contributed by atoms with Gasteiger partial charge in [-0.3, -0.25) is 0 Å². The van der Waals surface area contributed by atoms with Crippen LogP contribution in [0.1, 0.15) is 24.0 Å². The molecule has 6 heteroatoms. The van der Waals surface area contributed by atoms with E-state index in [1.165, 1.54) is 7.11 Å². The van der Waals surface area contributed by atoms with Crippen molar-refractivity contribution in [2.75, 3.05) is 20.3 Å². The first kappa shape index (κ1) is 17.6. The lowest BCUT2D eigenvalue weighted by Gasteiger charge is -2.27. The van der Waals surface area contributed by atoms with Gasteiger partial charge in [-0.15, -0.1) is 0 Å². The number of ether oxygens (including phenoxy) is 3. The molecule has 1 atom stereocenters. The molecule has 0 spiro atoms. The number of esters is 1. The van der Waals surface area contributed by atoms with Crippen molar-refractivity contribution in [3.8, 4) is 6.07 Å². The summed E-state index contributed by atoms with van der Waals surface area (Å²) in [6, 6.07) is 9.59. The van der Waals surface area contributed by atoms with E-state index in [2.05, 4.69) is 6.07 Å². The van der Waals surface area contributed by atoms with Crippen LogP contribution in [0.15, 0.2) is 47.1 Å². The third-order valence-electron chi connectivity index (χ3n) is 3.85. The highest BCUT2D eigenvalue weighted by Crippen LogP contribution is 2.40. The number of aryl methyl sites for hydroxylation is 1. The zero-order valence-electron chi connectivity index (χ0n) is 14.0. The molecule has 1 aliphatic rings. The van der Waals surface area contributed by atoms with Gasteiger partial charge in [0, 0.05) is 7.11 Å². The second kappa shape index (κ2) is 7.66. The van der Waals surface area contributed by atoms with Crippen molar-refractivity contribution in [1.82, 2.24) is 0 Å². The van der Waals surface area contributed by atoms with Crippen LogP contribution in [0.5, 0.6) is 0 Å². The lowest BCUT2D eigenvalue weighted by atomic mass is 9.81. The van der Waals surface area contributed by atoms with Gasteiger partial charge in [-0.05, 0) is 25.0 Å². The van der Waals surface area contributed by atoms with Crippen LogP contribution in [-0.4, -0.2) is 26.3 Å². The average Bonchev–Trinajstić information content (AvgIpc) is 2.55. The van der Waals surface area contributed by atoms with Crippen molar-refractivity contribution >= 4 is 5.97 Å². The highest BCUT2D eigenvalue weighted by Gasteiger charge is 2.36. The number of hydrogen-bond donors (Lipinski definition) is 1. The number of methoxy groups -OCH3 is 1. The van der Waals surface area contributed by atoms with E-state index in [0.29, 0.717) is 5.76 Å². The van der Waals surface area contributed by atoms with E-state index >= 15 is 0 Å². The van der Waals surface area contributed by atoms with Crippen LogP contribution in [0.4, 0.5) is 0 Å². The van der Waals surface area contributed by atoms with Gasteiger partial charge in [-0.1, -0.05) is 24.3 Å². The fourth-order valence-corrected chi connectivity index (χ4v) is 2.66. The van der Waals surface area contributed by atoms with Gasteiger partial charge >= 0.3 is 5.97 Å². The summed E-state index contributed by atoms with van der Waals surface area (Å²) in [5.41, 5.74) is 8.12. The second-order valence-electron chi connectivity index (χ2n) is 5.38. The van der Waals surface area contributed by atoms with Crippen LogP contribution in [0, 0.1) is 18.3 Å². The van der Waals surface area contributed by atoms with Crippen LogP contribution >= 0.6 is 0 Å². The van der Waals surface area contributed by atoms with Gasteiger partial charge in [-0.25, -0.2) is 4.79 Å². The normalized spacial score (nSPS) is 17.3. The van der Waals surface area contributed by atoms with Gasteiger partial charge < -0.3 is 19.9 Å². The molecule has 6 nitrogen and oxygen atoms in total. The van der Waals surface area contributed by atoms with E-state index in [4.69, 9.17) is 19.9 Å². The minimum atomic E-state index is -0.611. The number of rotatable bonds is 5. The summed E-state index contributed by atoms with van der Waals surface area (Å²) in [7, 11) is 1.52. The fraction of sp³-hybridized carbons (Fsp3) is 0.333. The van der Waals surface area contributed by atoms with Crippen molar-refractivity contribution < 1.29 is 19.0 Å². The summed E-state index contributed by atoms with van der Waals surface area (Å²) in [6.45, 7) is 3.96. The summed E-state index contributed by atoms with van der Waals surface area (Å²) < 4.78 is 15.5. The summed E-state index contributed by atoms with van der Waals surface area (Å²) in [6.07, 6.45) is 0. The van der Waals surface area contributed by atoms with Crippen LogP contribution in [0.2, 0.25) is 0 Å². The van der Waals surface area contributed by atoms with Gasteiger partial charge in [0.1, 0.15) is 24.0 Å². The van der Waals surface area contributed by atoms with Crippen molar-refractivity contribution in [3.05, 3.63) is 58.2 Å². The van der Waals surface area contributed by atoms with Crippen LogP contribution in [0.3, 0.4) is 0 Å². The molecule has 1 aliphatic heterocycles. The Balaban J connectivity index is 2.50. The molecule has 0 amide bonds. The molecular formula is C18H20N2O4. The smallest absolute Gasteiger partial charge is 0.338 e. The molecule has 0 aliphatic carbocycles. The minimum absolute atomic E-state index is 0.0108. The number of carbonyl (C=O) groups excluding carboxylic acids is 1. The van der Waals surface area contributed by atoms with E-state index in [0.717, 1.165) is 11.1 Å². The molecule has 0 saturated carbocycles. The Morgan fingerprint density at radius 2 is 2.04 bits per heavy atom. The van der Waals surface area contributed by atoms with E-state index < -0.39 is 11.9 Å². The van der Waals surface area contributed by atoms with E-state index in [9.17, 15) is 10.1 Å². The standard InChI is InChI=1S/C18H20N2O4/c1-11-6-4-5-7-13(11)16-14(10-19)17(20)24-12(2)15(16)18(21)23-9-8-22-3/h4-7,16H,8-9,20H2,1-3H3. The van der Waals surface area contributed by atoms with E-state index in [1.807, 2.05) is 31.2 Å². The Labute approximate surface area is 141 Å². The maximum absolute atomic E-state index is 12.6. The molecule has 0 aromatic heterocycles. The molecular weight excluding hydrogens is 308 g/mol. The fourth-order valence-electron chi connectivity index (χ4n) is 2.66. The Kier molecular flexibility index (Phi) is 5.61. The molecule has 1 aromatic carbocycles. The predicted molar refractivity (Wildman–Crippen MR) is 87.4 cm³/mol. The molecule has 0 radical (unpaired) electrons. The largest absolute Gasteiger partial charge is 0.460 e. The first-order valence-electron chi connectivity index (χ1n) is 7.51. The van der Waals surface area contributed by atoms with E-state index in [-0.39, 0.29) is 30.2 Å². The SMILES string of the molecule is COCCOC(=O)C1=C(C)OC(N)=C(C#N)C1c1ccccc1C. The second-order valence-corrected chi connectivity index (χ2v) is 5.38. The quantitative estimate of drug-likeness (QED) is 0.658. The Hall–Kier alpha value is -2.78. The third-order valence-corrected chi connectivity index (χ3v) is 3.85. The summed E-state index contributed by atoms with van der Waals surface area (Å²) in [4.78, 5) is 12.6. The highest BCUT2D eigenvalue weighted by molar-refractivity contribution is 5.92. The topological polar surface area (TPSA) is 94.6 Å². The number of allylic oxidation sites excluding steroid dienone is 2. The first-order chi connectivity index (χ1) is 11.5. The lowest BCUT2D eigenvalue weighted by molar-refractivity contribution is -0.140. The predicted octanol–water partition coefficient (Wildman–Crippen LogP) is 2.27. The first-order valence-corrected chi connectivity index (χ1v) is 7.51. The number of benzene rings is 1. The monoisotopic (exact) mass is 328 g/mol. The minimum Gasteiger partial charge on any atom is -0.460 e. The number of nitriles is 1. The number of carbonyl (C=O) groups is 1. The van der Waals surface area contributed by atoms with Gasteiger partial charge in [0.15, 0.2) is 0 Å². The van der Waals surface area contributed by atoms with Crippen LogP contribution in [-0.2, 0) is 19.0 Å². The Morgan fingerprint density at radius 1 is 1.33 bits per heavy atom. The molecule has 126 valence electrons. The van der Waals surface area contributed by atoms with Crippen LogP contribution in [0.25, 0.3) is 0 Å². The summed E-state index contributed by atoms with van der Waals surface area (Å²) in [5, 5.41) is 9.52. The lowest BCUT2D eigenvalue weighted by Crippen LogP contribution is -2.26. The molecule has 2 N–H and O–H groups in total. The zero-order valence-corrected chi connectivity index (χ0v) is 14.0. The maximum atomic E-state index is 12.6. The number of nitrogens with zero attached hydrogens (tertiary/aromatic N) is 1. The van der Waals surface area contributed by atoms with Crippen molar-refractivity contribution in [3.63, 3.8) is 0 Å². The number of nitrogens with two attached hydrogens (primary N) is 1. The molecule has 1 aromatic rings. The van der Waals surface area contributed by atoms with E-state index in [1.54, 1.807) is 6.92 Å². The molecule has 24 heavy (non-hydrogen) atoms. The molecule has 0 bridgehead atoms. The number of hydrogen-bond acceptors (Lipinski definition) is 6. The highest BCUT2D eigenvalue weighted by atomic mass is 16.6. The maximum Gasteiger partial charge on any atom is 0.338 e. The van der Waals surface area contributed by atoms with Gasteiger partial charge in [-0.2, -0.15) is 5.26 Å². The van der Waals surface area contributed by atoms with Gasteiger partial charge in [0.2, 0.25) is 5.88 Å². The van der Waals surface area contributed by atoms with Crippen LogP contribution < -0.4 is 5.73 Å². The third kappa shape index (κ3) is 3.42. The molecule has 0 fully saturated rings.